The number of phenols is 1. The van der Waals surface area contributed by atoms with Crippen LogP contribution in [-0.4, -0.2) is 55.2 Å². The van der Waals surface area contributed by atoms with Crippen molar-refractivity contribution in [3.63, 3.8) is 0 Å². The second kappa shape index (κ2) is 8.10. The van der Waals surface area contributed by atoms with Gasteiger partial charge in [-0.05, 0) is 31.2 Å². The largest absolute Gasteiger partial charge is 0.506 e. The number of para-hydroxylation sites is 4. The van der Waals surface area contributed by atoms with Gasteiger partial charge in [-0.1, -0.05) is 24.3 Å². The molecule has 1 aliphatic heterocycles. The van der Waals surface area contributed by atoms with Gasteiger partial charge in [0, 0.05) is 26.2 Å². The summed E-state index contributed by atoms with van der Waals surface area (Å²) >= 11 is 0. The summed E-state index contributed by atoms with van der Waals surface area (Å²) in [7, 11) is 1.59. The highest BCUT2D eigenvalue weighted by Crippen LogP contribution is 2.28. The summed E-state index contributed by atoms with van der Waals surface area (Å²) in [5.41, 5.74) is 1.53. The van der Waals surface area contributed by atoms with Gasteiger partial charge in [0.2, 0.25) is 5.91 Å². The van der Waals surface area contributed by atoms with E-state index in [1.807, 2.05) is 49.4 Å². The van der Waals surface area contributed by atoms with E-state index in [2.05, 4.69) is 15.1 Å². The zero-order valence-electron chi connectivity index (χ0n) is 15.2. The van der Waals surface area contributed by atoms with Crippen molar-refractivity contribution in [1.82, 2.24) is 4.90 Å². The Morgan fingerprint density at radius 2 is 1.73 bits per heavy atom. The summed E-state index contributed by atoms with van der Waals surface area (Å²) in [6, 6.07) is 14.5. The molecule has 6 heteroatoms. The lowest BCUT2D eigenvalue weighted by Crippen LogP contribution is -2.52. The van der Waals surface area contributed by atoms with Crippen molar-refractivity contribution >= 4 is 17.3 Å². The first-order valence-corrected chi connectivity index (χ1v) is 8.81. The Bertz CT molecular complexity index is 757. The molecule has 1 unspecified atom stereocenters. The first-order valence-electron chi connectivity index (χ1n) is 8.81. The predicted molar refractivity (Wildman–Crippen MR) is 103 cm³/mol. The maximum absolute atomic E-state index is 12.6. The highest BCUT2D eigenvalue weighted by molar-refractivity contribution is 5.95. The number of hydrogen-bond acceptors (Lipinski definition) is 5. The zero-order chi connectivity index (χ0) is 18.5. The van der Waals surface area contributed by atoms with Crippen molar-refractivity contribution in [2.75, 3.05) is 43.5 Å². The molecule has 1 saturated heterocycles. The number of benzene rings is 2. The first kappa shape index (κ1) is 18.1. The van der Waals surface area contributed by atoms with E-state index in [1.165, 1.54) is 0 Å². The molecule has 26 heavy (non-hydrogen) atoms. The molecule has 1 aliphatic rings. The molecule has 0 aliphatic carbocycles. The summed E-state index contributed by atoms with van der Waals surface area (Å²) < 4.78 is 5.29. The van der Waals surface area contributed by atoms with Crippen LogP contribution in [0.5, 0.6) is 11.5 Å². The highest BCUT2D eigenvalue weighted by Gasteiger charge is 2.26. The lowest BCUT2D eigenvalue weighted by molar-refractivity contribution is -0.120. The number of carbonyl (C=O) groups excluding carboxylic acids is 1. The number of ether oxygens (including phenoxy) is 1. The Kier molecular flexibility index (Phi) is 5.63. The van der Waals surface area contributed by atoms with Gasteiger partial charge in [-0.2, -0.15) is 0 Å². The summed E-state index contributed by atoms with van der Waals surface area (Å²) in [5.74, 6) is 0.894. The molecule has 2 aromatic rings. The van der Waals surface area contributed by atoms with Crippen LogP contribution in [0.15, 0.2) is 48.5 Å². The van der Waals surface area contributed by atoms with Crippen molar-refractivity contribution in [2.45, 2.75) is 13.0 Å². The van der Waals surface area contributed by atoms with E-state index >= 15 is 0 Å². The van der Waals surface area contributed by atoms with Crippen molar-refractivity contribution in [2.24, 2.45) is 0 Å². The number of piperazine rings is 1. The molecule has 0 radical (unpaired) electrons. The molecule has 0 aromatic heterocycles. The highest BCUT2D eigenvalue weighted by atomic mass is 16.5. The molecule has 1 amide bonds. The van der Waals surface area contributed by atoms with Crippen LogP contribution in [0.1, 0.15) is 6.92 Å². The molecule has 0 saturated carbocycles. The average Bonchev–Trinajstić information content (AvgIpc) is 2.68. The number of nitrogens with zero attached hydrogens (tertiary/aromatic N) is 2. The van der Waals surface area contributed by atoms with Gasteiger partial charge in [-0.25, -0.2) is 0 Å². The Morgan fingerprint density at radius 3 is 2.42 bits per heavy atom. The topological polar surface area (TPSA) is 65.0 Å². The third-order valence-corrected chi connectivity index (χ3v) is 4.83. The Morgan fingerprint density at radius 1 is 1.08 bits per heavy atom. The summed E-state index contributed by atoms with van der Waals surface area (Å²) in [5, 5.41) is 13.0. The van der Waals surface area contributed by atoms with Crippen LogP contribution < -0.4 is 15.0 Å². The minimum atomic E-state index is -0.244. The average molecular weight is 355 g/mol. The normalized spacial score (nSPS) is 16.2. The summed E-state index contributed by atoms with van der Waals surface area (Å²) in [6.07, 6.45) is 0. The number of carbonyl (C=O) groups is 1. The number of anilines is 2. The van der Waals surface area contributed by atoms with Crippen molar-refractivity contribution in [3.05, 3.63) is 48.5 Å². The number of amides is 1. The molecule has 2 aromatic carbocycles. The van der Waals surface area contributed by atoms with Gasteiger partial charge < -0.3 is 20.1 Å². The molecular weight excluding hydrogens is 330 g/mol. The van der Waals surface area contributed by atoms with Gasteiger partial charge >= 0.3 is 0 Å². The summed E-state index contributed by atoms with van der Waals surface area (Å²) in [6.45, 7) is 4.97. The van der Waals surface area contributed by atoms with Crippen LogP contribution in [0.2, 0.25) is 0 Å². The predicted octanol–water partition coefficient (Wildman–Crippen LogP) is 2.55. The van der Waals surface area contributed by atoms with Gasteiger partial charge in [-0.3, -0.25) is 9.69 Å². The van der Waals surface area contributed by atoms with Crippen LogP contribution in [0.3, 0.4) is 0 Å². The molecule has 6 nitrogen and oxygen atoms in total. The van der Waals surface area contributed by atoms with E-state index in [9.17, 15) is 9.90 Å². The van der Waals surface area contributed by atoms with Crippen molar-refractivity contribution in [1.29, 1.82) is 0 Å². The van der Waals surface area contributed by atoms with Crippen LogP contribution in [0.25, 0.3) is 0 Å². The number of rotatable bonds is 5. The number of phenolic OH excluding ortho intramolecular Hbond substituents is 1. The Hall–Kier alpha value is -2.73. The van der Waals surface area contributed by atoms with Gasteiger partial charge in [0.1, 0.15) is 11.5 Å². The molecule has 2 N–H and O–H groups in total. The Labute approximate surface area is 154 Å². The second-order valence-corrected chi connectivity index (χ2v) is 6.38. The number of aromatic hydroxyl groups is 1. The van der Waals surface area contributed by atoms with E-state index in [-0.39, 0.29) is 11.9 Å². The second-order valence-electron chi connectivity index (χ2n) is 6.38. The van der Waals surface area contributed by atoms with E-state index in [1.54, 1.807) is 13.2 Å². The first-order chi connectivity index (χ1) is 12.6. The fraction of sp³-hybridized carbons (Fsp3) is 0.350. The van der Waals surface area contributed by atoms with Gasteiger partial charge in [0.05, 0.1) is 24.5 Å². The van der Waals surface area contributed by atoms with E-state index in [0.717, 1.165) is 31.9 Å². The monoisotopic (exact) mass is 355 g/mol. The molecule has 3 rings (SSSR count). The lowest BCUT2D eigenvalue weighted by Gasteiger charge is -2.38. The molecule has 138 valence electrons. The van der Waals surface area contributed by atoms with Crippen LogP contribution in [0.4, 0.5) is 11.4 Å². The van der Waals surface area contributed by atoms with E-state index < -0.39 is 0 Å². The lowest BCUT2D eigenvalue weighted by atomic mass is 10.2. The number of hydrogen-bond donors (Lipinski definition) is 2. The van der Waals surface area contributed by atoms with Crippen LogP contribution >= 0.6 is 0 Å². The minimum Gasteiger partial charge on any atom is -0.506 e. The van der Waals surface area contributed by atoms with Gasteiger partial charge in [0.25, 0.3) is 0 Å². The minimum absolute atomic E-state index is 0.0505. The van der Waals surface area contributed by atoms with Gasteiger partial charge in [-0.15, -0.1) is 0 Å². The molecule has 0 spiro atoms. The van der Waals surface area contributed by atoms with E-state index in [0.29, 0.717) is 17.2 Å². The standard InChI is InChI=1S/C20H25N3O3/c1-15(20(25)21-16-7-3-6-10-19(16)26-2)22-11-13-23(14-12-22)17-8-4-5-9-18(17)24/h3-10,15,24H,11-14H2,1-2H3,(H,21,25). The number of nitrogens with one attached hydrogen (secondary N) is 1. The molecular formula is C20H25N3O3. The fourth-order valence-electron chi connectivity index (χ4n) is 3.23. The maximum Gasteiger partial charge on any atom is 0.241 e. The summed E-state index contributed by atoms with van der Waals surface area (Å²) in [4.78, 5) is 16.9. The Balaban J connectivity index is 1.59. The van der Waals surface area contributed by atoms with Crippen molar-refractivity contribution in [3.8, 4) is 11.5 Å². The van der Waals surface area contributed by atoms with Gasteiger partial charge in [0.15, 0.2) is 0 Å². The third kappa shape index (κ3) is 3.91. The fourth-order valence-corrected chi connectivity index (χ4v) is 3.23. The van der Waals surface area contributed by atoms with E-state index in [4.69, 9.17) is 4.74 Å². The smallest absolute Gasteiger partial charge is 0.241 e. The maximum atomic E-state index is 12.6. The molecule has 1 heterocycles. The third-order valence-electron chi connectivity index (χ3n) is 4.83. The zero-order valence-corrected chi connectivity index (χ0v) is 15.2. The SMILES string of the molecule is COc1ccccc1NC(=O)C(C)N1CCN(c2ccccc2O)CC1. The quantitative estimate of drug-likeness (QED) is 0.863. The van der Waals surface area contributed by atoms with Crippen LogP contribution in [-0.2, 0) is 4.79 Å². The molecule has 1 atom stereocenters. The molecule has 0 bridgehead atoms. The molecule has 1 fully saturated rings. The number of methoxy groups -OCH3 is 1. The van der Waals surface area contributed by atoms with Crippen LogP contribution in [0, 0.1) is 0 Å². The van der Waals surface area contributed by atoms with Crippen molar-refractivity contribution < 1.29 is 14.6 Å².